The van der Waals surface area contributed by atoms with Crippen molar-refractivity contribution in [3.05, 3.63) is 36.5 Å². The van der Waals surface area contributed by atoms with E-state index in [1.54, 1.807) is 13.8 Å². The topological polar surface area (TPSA) is 127 Å². The van der Waals surface area contributed by atoms with Gasteiger partial charge in [-0.25, -0.2) is 14.4 Å². The van der Waals surface area contributed by atoms with Crippen molar-refractivity contribution in [2.24, 2.45) is 0 Å². The van der Waals surface area contributed by atoms with Crippen molar-refractivity contribution in [1.29, 1.82) is 0 Å². The minimum Gasteiger partial charge on any atom is -0.481 e. The number of carboxylic acid groups (broad SMARTS) is 2. The maximum Gasteiger partial charge on any atom is 0.333 e. The summed E-state index contributed by atoms with van der Waals surface area (Å²) < 4.78 is 9.38. The Bertz CT molecular complexity index is 488. The molecule has 0 saturated carbocycles. The lowest BCUT2D eigenvalue weighted by Crippen LogP contribution is -2.14. The molecule has 0 aliphatic rings. The Morgan fingerprint density at radius 2 is 1.17 bits per heavy atom. The van der Waals surface area contributed by atoms with Crippen LogP contribution in [0.2, 0.25) is 0 Å². The number of carbonyl (C=O) groups excluding carboxylic acids is 2. The van der Waals surface area contributed by atoms with Gasteiger partial charge in [0, 0.05) is 16.7 Å². The summed E-state index contributed by atoms with van der Waals surface area (Å²) in [6.45, 7) is 13.0. The van der Waals surface area contributed by atoms with Crippen LogP contribution in [0.25, 0.3) is 0 Å². The molecule has 0 aromatic heterocycles. The number of carboxylic acids is 2. The summed E-state index contributed by atoms with van der Waals surface area (Å²) in [5, 5.41) is 16.1. The van der Waals surface area contributed by atoms with Gasteiger partial charge in [0.05, 0.1) is 6.42 Å². The Morgan fingerprint density at radius 1 is 0.826 bits per heavy atom. The van der Waals surface area contributed by atoms with E-state index >= 15 is 0 Å². The highest BCUT2D eigenvalue weighted by molar-refractivity contribution is 5.91. The lowest BCUT2D eigenvalue weighted by molar-refractivity contribution is -0.147. The number of carbonyl (C=O) groups is 4. The second kappa shape index (κ2) is 11.7. The predicted molar refractivity (Wildman–Crippen MR) is 80.6 cm³/mol. The molecule has 2 N–H and O–H groups in total. The van der Waals surface area contributed by atoms with Crippen LogP contribution in [-0.2, 0) is 28.7 Å². The third-order valence-corrected chi connectivity index (χ3v) is 1.91. The zero-order valence-corrected chi connectivity index (χ0v) is 13.1. The minimum atomic E-state index is -1.27. The van der Waals surface area contributed by atoms with Gasteiger partial charge in [0.2, 0.25) is 0 Å². The van der Waals surface area contributed by atoms with E-state index < -0.39 is 30.3 Å². The molecule has 0 aliphatic carbocycles. The Hall–Kier alpha value is -2.90. The quantitative estimate of drug-likeness (QED) is 0.388. The van der Waals surface area contributed by atoms with Crippen LogP contribution in [0.5, 0.6) is 0 Å². The molecule has 0 saturated heterocycles. The van der Waals surface area contributed by atoms with Crippen molar-refractivity contribution < 1.29 is 38.9 Å². The lowest BCUT2D eigenvalue weighted by atomic mass is 10.2. The fraction of sp³-hybridized carbons (Fsp3) is 0.333. The number of aliphatic carboxylic acids is 2. The zero-order chi connectivity index (χ0) is 18.6. The van der Waals surface area contributed by atoms with Crippen molar-refractivity contribution in [2.45, 2.75) is 20.3 Å². The monoisotopic (exact) mass is 328 g/mol. The molecule has 0 rings (SSSR count). The van der Waals surface area contributed by atoms with E-state index in [0.29, 0.717) is 11.1 Å². The molecule has 8 nitrogen and oxygen atoms in total. The standard InChI is InChI=1S/C10H14O4.C5H6O4/c1-7(2)9(11)13-5-6-14-10(12)8(3)4;1-3(5(8)9)2-4(6)7/h1,3,5-6H2,2,4H3;1-2H2,(H,6,7)(H,8,9). The highest BCUT2D eigenvalue weighted by atomic mass is 16.6. The smallest absolute Gasteiger partial charge is 0.333 e. The van der Waals surface area contributed by atoms with E-state index in [0.717, 1.165) is 0 Å². The molecule has 0 aromatic carbocycles. The number of hydrogen-bond donors (Lipinski definition) is 2. The first kappa shape index (κ1) is 22.4. The maximum absolute atomic E-state index is 10.8. The molecule has 0 aromatic rings. The van der Waals surface area contributed by atoms with Crippen LogP contribution in [0.1, 0.15) is 20.3 Å². The molecule has 0 spiro atoms. The van der Waals surface area contributed by atoms with Crippen molar-refractivity contribution in [3.8, 4) is 0 Å². The molecule has 0 radical (unpaired) electrons. The van der Waals surface area contributed by atoms with Gasteiger partial charge in [0.25, 0.3) is 0 Å². The molecule has 0 unspecified atom stereocenters. The average Bonchev–Trinajstić information content (AvgIpc) is 2.42. The molecule has 128 valence electrons. The van der Waals surface area contributed by atoms with Crippen molar-refractivity contribution in [3.63, 3.8) is 0 Å². The summed E-state index contributed by atoms with van der Waals surface area (Å²) in [6, 6.07) is 0. The van der Waals surface area contributed by atoms with Gasteiger partial charge in [-0.1, -0.05) is 19.7 Å². The SMILES string of the molecule is C=C(C)C(=O)OCCOC(=O)C(=C)C.C=C(CC(=O)O)C(=O)O. The molecule has 8 heteroatoms. The number of ether oxygens (including phenoxy) is 2. The predicted octanol–water partition coefficient (Wildman–Crippen LogP) is 1.33. The van der Waals surface area contributed by atoms with Crippen LogP contribution < -0.4 is 0 Å². The molecular formula is C15H20O8. The molecule has 0 aliphatic heterocycles. The molecule has 0 atom stereocenters. The van der Waals surface area contributed by atoms with Gasteiger partial charge in [-0.05, 0) is 13.8 Å². The average molecular weight is 328 g/mol. The van der Waals surface area contributed by atoms with Crippen LogP contribution in [0.15, 0.2) is 36.5 Å². The van der Waals surface area contributed by atoms with Crippen LogP contribution in [0.3, 0.4) is 0 Å². The van der Waals surface area contributed by atoms with Crippen LogP contribution in [-0.4, -0.2) is 47.3 Å². The number of hydrogen-bond acceptors (Lipinski definition) is 6. The van der Waals surface area contributed by atoms with E-state index in [9.17, 15) is 19.2 Å². The molecule has 0 amide bonds. The highest BCUT2D eigenvalue weighted by Crippen LogP contribution is 1.96. The van der Waals surface area contributed by atoms with E-state index in [-0.39, 0.29) is 18.8 Å². The largest absolute Gasteiger partial charge is 0.481 e. The van der Waals surface area contributed by atoms with E-state index in [1.807, 2.05) is 0 Å². The van der Waals surface area contributed by atoms with Gasteiger partial charge in [-0.2, -0.15) is 0 Å². The van der Waals surface area contributed by atoms with E-state index in [4.69, 9.17) is 10.2 Å². The summed E-state index contributed by atoms with van der Waals surface area (Å²) in [4.78, 5) is 41.3. The normalized spacial score (nSPS) is 8.78. The Balaban J connectivity index is 0. The molecule has 0 heterocycles. The Labute approximate surface area is 133 Å². The molecule has 0 bridgehead atoms. The van der Waals surface area contributed by atoms with Gasteiger partial charge in [-0.15, -0.1) is 0 Å². The summed E-state index contributed by atoms with van der Waals surface area (Å²) in [7, 11) is 0. The molecule has 23 heavy (non-hydrogen) atoms. The fourth-order valence-electron chi connectivity index (χ4n) is 0.773. The van der Waals surface area contributed by atoms with Gasteiger partial charge in [0.1, 0.15) is 13.2 Å². The van der Waals surface area contributed by atoms with Crippen molar-refractivity contribution in [2.75, 3.05) is 13.2 Å². The summed E-state index contributed by atoms with van der Waals surface area (Å²) in [5.74, 6) is -3.42. The van der Waals surface area contributed by atoms with E-state index in [2.05, 4.69) is 29.2 Å². The second-order valence-electron chi connectivity index (χ2n) is 4.31. The van der Waals surface area contributed by atoms with Crippen LogP contribution in [0, 0.1) is 0 Å². The van der Waals surface area contributed by atoms with Crippen LogP contribution in [0.4, 0.5) is 0 Å². The maximum atomic E-state index is 10.8. The molecule has 0 fully saturated rings. The minimum absolute atomic E-state index is 0.0325. The van der Waals surface area contributed by atoms with Crippen LogP contribution >= 0.6 is 0 Å². The summed E-state index contributed by atoms with van der Waals surface area (Å²) in [5.41, 5.74) is 0.329. The lowest BCUT2D eigenvalue weighted by Gasteiger charge is -2.05. The fourth-order valence-corrected chi connectivity index (χ4v) is 0.773. The highest BCUT2D eigenvalue weighted by Gasteiger charge is 2.07. The molecular weight excluding hydrogens is 308 g/mol. The Kier molecular flexibility index (Phi) is 11.4. The third-order valence-electron chi connectivity index (χ3n) is 1.91. The second-order valence-corrected chi connectivity index (χ2v) is 4.31. The summed E-state index contributed by atoms with van der Waals surface area (Å²) in [6.07, 6.45) is -0.505. The summed E-state index contributed by atoms with van der Waals surface area (Å²) >= 11 is 0. The first-order valence-electron chi connectivity index (χ1n) is 6.27. The number of esters is 2. The first-order valence-corrected chi connectivity index (χ1v) is 6.27. The van der Waals surface area contributed by atoms with Gasteiger partial charge in [0.15, 0.2) is 0 Å². The van der Waals surface area contributed by atoms with Gasteiger partial charge < -0.3 is 19.7 Å². The van der Waals surface area contributed by atoms with Gasteiger partial charge in [-0.3, -0.25) is 4.79 Å². The van der Waals surface area contributed by atoms with Crippen molar-refractivity contribution >= 4 is 23.9 Å². The number of rotatable bonds is 8. The van der Waals surface area contributed by atoms with E-state index in [1.165, 1.54) is 0 Å². The zero-order valence-electron chi connectivity index (χ0n) is 13.1. The third kappa shape index (κ3) is 13.8. The first-order chi connectivity index (χ1) is 10.5. The van der Waals surface area contributed by atoms with Crippen molar-refractivity contribution in [1.82, 2.24) is 0 Å². The Morgan fingerprint density at radius 3 is 1.35 bits per heavy atom. The van der Waals surface area contributed by atoms with Gasteiger partial charge >= 0.3 is 23.9 Å².